The van der Waals surface area contributed by atoms with Gasteiger partial charge in [0.25, 0.3) is 0 Å². The Balaban J connectivity index is 1.08. The van der Waals surface area contributed by atoms with Gasteiger partial charge in [0.2, 0.25) is 0 Å². The van der Waals surface area contributed by atoms with Gasteiger partial charge in [-0.2, -0.15) is 0 Å². The molecule has 0 amide bonds. The molecule has 0 aliphatic rings. The molecule has 8 aromatic carbocycles. The third-order valence-electron chi connectivity index (χ3n) is 9.95. The highest BCUT2D eigenvalue weighted by molar-refractivity contribution is 7.26. The van der Waals surface area contributed by atoms with Gasteiger partial charge < -0.3 is 0 Å². The van der Waals surface area contributed by atoms with Crippen LogP contribution in [0.15, 0.2) is 188 Å². The SMILES string of the molecule is c1ccc(-c2nc(-c3cccc(-c4cccc(-c5ccc(-c6ccccc6)c6ccccc56)c4)c3)nc(-c3cccc4c3sc3ccccc34)n2)cc1. The molecule has 0 saturated carbocycles. The first kappa shape index (κ1) is 31.0. The largest absolute Gasteiger partial charge is 0.208 e. The molecule has 0 radical (unpaired) electrons. The molecule has 0 spiro atoms. The molecule has 10 rings (SSSR count). The Morgan fingerprint density at radius 3 is 1.47 bits per heavy atom. The van der Waals surface area contributed by atoms with E-state index in [1.807, 2.05) is 18.2 Å². The molecule has 0 bridgehead atoms. The van der Waals surface area contributed by atoms with E-state index in [9.17, 15) is 0 Å². The van der Waals surface area contributed by atoms with Crippen LogP contribution < -0.4 is 0 Å². The van der Waals surface area contributed by atoms with Crippen LogP contribution in [0, 0.1) is 0 Å². The van der Waals surface area contributed by atoms with E-state index in [2.05, 4.69) is 170 Å². The molecule has 0 aliphatic carbocycles. The van der Waals surface area contributed by atoms with E-state index >= 15 is 0 Å². The quantitative estimate of drug-likeness (QED) is 0.174. The van der Waals surface area contributed by atoms with Crippen molar-refractivity contribution < 1.29 is 0 Å². The fourth-order valence-corrected chi connectivity index (χ4v) is 8.60. The van der Waals surface area contributed by atoms with Crippen molar-refractivity contribution in [3.63, 3.8) is 0 Å². The lowest BCUT2D eigenvalue weighted by Gasteiger charge is -2.13. The van der Waals surface area contributed by atoms with Gasteiger partial charge in [-0.05, 0) is 68.4 Å². The van der Waals surface area contributed by atoms with Gasteiger partial charge in [0.05, 0.1) is 0 Å². The summed E-state index contributed by atoms with van der Waals surface area (Å²) in [6.07, 6.45) is 0. The second-order valence-electron chi connectivity index (χ2n) is 13.2. The van der Waals surface area contributed by atoms with Gasteiger partial charge in [0, 0.05) is 36.9 Å². The Hall–Kier alpha value is -6.75. The predicted molar refractivity (Wildman–Crippen MR) is 223 cm³/mol. The first-order valence-corrected chi connectivity index (χ1v) is 18.6. The number of hydrogen-bond acceptors (Lipinski definition) is 4. The highest BCUT2D eigenvalue weighted by atomic mass is 32.1. The van der Waals surface area contributed by atoms with Crippen molar-refractivity contribution in [2.75, 3.05) is 0 Å². The molecular weight excluding hydrogens is 663 g/mol. The summed E-state index contributed by atoms with van der Waals surface area (Å²) in [7, 11) is 0. The van der Waals surface area contributed by atoms with Gasteiger partial charge in [-0.3, -0.25) is 0 Å². The molecule has 2 heterocycles. The van der Waals surface area contributed by atoms with Crippen molar-refractivity contribution in [1.29, 1.82) is 0 Å². The Morgan fingerprint density at radius 2 is 0.755 bits per heavy atom. The number of benzene rings is 8. The Kier molecular flexibility index (Phi) is 7.67. The number of rotatable bonds is 6. The molecule has 3 nitrogen and oxygen atoms in total. The van der Waals surface area contributed by atoms with Crippen LogP contribution in [0.5, 0.6) is 0 Å². The first-order valence-electron chi connectivity index (χ1n) is 17.8. The maximum Gasteiger partial charge on any atom is 0.165 e. The zero-order valence-corrected chi connectivity index (χ0v) is 29.5. The van der Waals surface area contributed by atoms with Crippen molar-refractivity contribution in [3.05, 3.63) is 188 Å². The second-order valence-corrected chi connectivity index (χ2v) is 14.2. The zero-order chi connectivity index (χ0) is 35.1. The molecular formula is C49H31N3S. The van der Waals surface area contributed by atoms with Crippen molar-refractivity contribution in [2.45, 2.75) is 0 Å². The zero-order valence-electron chi connectivity index (χ0n) is 28.6. The smallest absolute Gasteiger partial charge is 0.165 e. The van der Waals surface area contributed by atoms with Crippen LogP contribution in [0.25, 0.3) is 98.5 Å². The van der Waals surface area contributed by atoms with E-state index in [1.165, 1.54) is 53.2 Å². The van der Waals surface area contributed by atoms with Crippen molar-refractivity contribution in [3.8, 4) is 67.5 Å². The van der Waals surface area contributed by atoms with Gasteiger partial charge in [-0.15, -0.1) is 11.3 Å². The first-order chi connectivity index (χ1) is 26.3. The summed E-state index contributed by atoms with van der Waals surface area (Å²) in [5.41, 5.74) is 9.99. The lowest BCUT2D eigenvalue weighted by molar-refractivity contribution is 1.08. The summed E-state index contributed by atoms with van der Waals surface area (Å²) in [6, 6.07) is 66.4. The summed E-state index contributed by atoms with van der Waals surface area (Å²) in [6.45, 7) is 0. The minimum Gasteiger partial charge on any atom is -0.208 e. The molecule has 0 unspecified atom stereocenters. The standard InChI is InChI=1S/C49H31N3S/c1-3-14-32(15-4-1)38-28-29-39(41-23-8-7-22-40(38)41)36-20-11-18-34(30-36)35-19-12-21-37(31-35)48-50-47(33-16-5-2-6-17-33)51-49(52-48)44-26-13-25-43-42-24-9-10-27-45(42)53-46(43)44/h1-31H. The van der Waals surface area contributed by atoms with E-state index in [-0.39, 0.29) is 0 Å². The van der Waals surface area contributed by atoms with Gasteiger partial charge in [0.1, 0.15) is 0 Å². The Bertz CT molecular complexity index is 2950. The number of aromatic nitrogens is 3. The summed E-state index contributed by atoms with van der Waals surface area (Å²) in [5.74, 6) is 1.97. The summed E-state index contributed by atoms with van der Waals surface area (Å²) in [5, 5.41) is 4.95. The van der Waals surface area contributed by atoms with Crippen LogP contribution in [0.4, 0.5) is 0 Å². The molecule has 53 heavy (non-hydrogen) atoms. The van der Waals surface area contributed by atoms with Gasteiger partial charge in [-0.1, -0.05) is 164 Å². The minimum atomic E-state index is 0.646. The van der Waals surface area contributed by atoms with Crippen LogP contribution in [-0.2, 0) is 0 Å². The van der Waals surface area contributed by atoms with Crippen molar-refractivity contribution in [2.24, 2.45) is 0 Å². The van der Waals surface area contributed by atoms with E-state index < -0.39 is 0 Å². The van der Waals surface area contributed by atoms with Gasteiger partial charge >= 0.3 is 0 Å². The normalized spacial score (nSPS) is 11.4. The third-order valence-corrected chi connectivity index (χ3v) is 11.2. The maximum atomic E-state index is 5.17. The summed E-state index contributed by atoms with van der Waals surface area (Å²) in [4.78, 5) is 15.3. The fourth-order valence-electron chi connectivity index (χ4n) is 7.39. The third kappa shape index (κ3) is 5.66. The average molecular weight is 694 g/mol. The Morgan fingerprint density at radius 1 is 0.283 bits per heavy atom. The fraction of sp³-hybridized carbons (Fsp3) is 0. The van der Waals surface area contributed by atoms with E-state index in [1.54, 1.807) is 11.3 Å². The molecule has 0 aliphatic heterocycles. The molecule has 4 heteroatoms. The summed E-state index contributed by atoms with van der Waals surface area (Å²) < 4.78 is 2.43. The van der Waals surface area contributed by atoms with Gasteiger partial charge in [0.15, 0.2) is 17.5 Å². The molecule has 2 aromatic heterocycles. The highest BCUT2D eigenvalue weighted by Crippen LogP contribution is 2.40. The lowest BCUT2D eigenvalue weighted by Crippen LogP contribution is -2.00. The number of nitrogens with zero attached hydrogens (tertiary/aromatic N) is 3. The van der Waals surface area contributed by atoms with Crippen molar-refractivity contribution in [1.82, 2.24) is 15.0 Å². The number of thiophene rings is 1. The van der Waals surface area contributed by atoms with E-state index in [4.69, 9.17) is 15.0 Å². The van der Waals surface area contributed by atoms with Crippen LogP contribution in [-0.4, -0.2) is 15.0 Å². The molecule has 0 saturated heterocycles. The Labute approximate surface area is 311 Å². The predicted octanol–water partition coefficient (Wildman–Crippen LogP) is 13.4. The molecule has 0 atom stereocenters. The number of hydrogen-bond donors (Lipinski definition) is 0. The maximum absolute atomic E-state index is 5.17. The minimum absolute atomic E-state index is 0.646. The van der Waals surface area contributed by atoms with Crippen LogP contribution in [0.3, 0.4) is 0 Å². The van der Waals surface area contributed by atoms with E-state index in [0.29, 0.717) is 17.5 Å². The van der Waals surface area contributed by atoms with Gasteiger partial charge in [-0.25, -0.2) is 15.0 Å². The highest BCUT2D eigenvalue weighted by Gasteiger charge is 2.17. The topological polar surface area (TPSA) is 38.7 Å². The van der Waals surface area contributed by atoms with Crippen LogP contribution in [0.1, 0.15) is 0 Å². The van der Waals surface area contributed by atoms with Crippen LogP contribution in [0.2, 0.25) is 0 Å². The van der Waals surface area contributed by atoms with E-state index in [0.717, 1.165) is 27.8 Å². The molecule has 0 N–H and O–H groups in total. The average Bonchev–Trinajstić information content (AvgIpc) is 3.63. The monoisotopic (exact) mass is 693 g/mol. The second kappa shape index (κ2) is 13.1. The lowest BCUT2D eigenvalue weighted by atomic mass is 9.91. The van der Waals surface area contributed by atoms with Crippen molar-refractivity contribution >= 4 is 42.3 Å². The molecule has 248 valence electrons. The van der Waals surface area contributed by atoms with Crippen LogP contribution >= 0.6 is 11.3 Å². The number of fused-ring (bicyclic) bond motifs is 4. The molecule has 10 aromatic rings. The summed E-state index contributed by atoms with van der Waals surface area (Å²) >= 11 is 1.79. The molecule has 0 fully saturated rings.